The van der Waals surface area contributed by atoms with E-state index in [1.54, 1.807) is 6.92 Å². The van der Waals surface area contributed by atoms with Crippen molar-refractivity contribution in [2.75, 3.05) is 0 Å². The normalized spacial score (nSPS) is 23.7. The number of fused-ring (bicyclic) bond motifs is 2. The molecule has 1 aliphatic carbocycles. The fourth-order valence-electron chi connectivity index (χ4n) is 4.68. The van der Waals surface area contributed by atoms with E-state index in [1.807, 2.05) is 6.92 Å². The summed E-state index contributed by atoms with van der Waals surface area (Å²) in [6.45, 7) is 3.42. The second-order valence-corrected chi connectivity index (χ2v) is 9.18. The summed E-state index contributed by atoms with van der Waals surface area (Å²) in [5.74, 6) is -3.00. The number of carbonyl (C=O) groups excluding carboxylic acids is 2. The van der Waals surface area contributed by atoms with Crippen LogP contribution < -0.4 is 5.73 Å². The number of hydrogen-bond donors (Lipinski definition) is 4. The first-order valence-corrected chi connectivity index (χ1v) is 11.1. The maximum absolute atomic E-state index is 13.1. The highest BCUT2D eigenvalue weighted by molar-refractivity contribution is 6.30. The fraction of sp³-hybridized carbons (Fsp3) is 0.400. The molecule has 1 aliphatic heterocycles. The van der Waals surface area contributed by atoms with Crippen molar-refractivity contribution in [2.24, 2.45) is 5.73 Å². The predicted molar refractivity (Wildman–Crippen MR) is 120 cm³/mol. The molecule has 0 unspecified atom stereocenters. The average Bonchev–Trinajstić information content (AvgIpc) is 2.75. The van der Waals surface area contributed by atoms with E-state index in [2.05, 4.69) is 0 Å². The molecule has 9 heteroatoms. The van der Waals surface area contributed by atoms with E-state index in [-0.39, 0.29) is 58.6 Å². The van der Waals surface area contributed by atoms with Crippen molar-refractivity contribution in [1.29, 1.82) is 0 Å². The summed E-state index contributed by atoms with van der Waals surface area (Å²) in [7, 11) is 0. The molecule has 1 heterocycles. The molecule has 4 atom stereocenters. The number of phenols is 2. The lowest BCUT2D eigenvalue weighted by Gasteiger charge is -2.38. The summed E-state index contributed by atoms with van der Waals surface area (Å²) in [5.41, 5.74) is 4.65. The van der Waals surface area contributed by atoms with Gasteiger partial charge in [-0.2, -0.15) is 0 Å². The van der Waals surface area contributed by atoms with E-state index in [4.69, 9.17) is 15.2 Å². The molecule has 0 saturated carbocycles. The van der Waals surface area contributed by atoms with Gasteiger partial charge in [-0.25, -0.2) is 0 Å². The van der Waals surface area contributed by atoms with Gasteiger partial charge in [-0.1, -0.05) is 18.2 Å². The third kappa shape index (κ3) is 4.29. The number of aliphatic carboxylic acids is 1. The monoisotopic (exact) mass is 469 g/mol. The molecule has 180 valence electrons. The van der Waals surface area contributed by atoms with E-state index >= 15 is 0 Å². The van der Waals surface area contributed by atoms with Crippen LogP contribution in [0, 0.1) is 0 Å². The van der Waals surface area contributed by atoms with Crippen LogP contribution in [0.15, 0.2) is 30.3 Å². The van der Waals surface area contributed by atoms with Crippen LogP contribution in [0.5, 0.6) is 11.5 Å². The van der Waals surface area contributed by atoms with Gasteiger partial charge in [0.05, 0.1) is 29.3 Å². The van der Waals surface area contributed by atoms with Crippen LogP contribution in [0.2, 0.25) is 0 Å². The highest BCUT2D eigenvalue weighted by Gasteiger charge is 2.39. The number of nitrogens with two attached hydrogens (primary N) is 1. The molecule has 2 aromatic carbocycles. The fourth-order valence-corrected chi connectivity index (χ4v) is 4.68. The van der Waals surface area contributed by atoms with Crippen LogP contribution in [0.1, 0.15) is 70.5 Å². The molecular formula is C25H27NO8. The molecule has 2 aromatic rings. The van der Waals surface area contributed by atoms with Gasteiger partial charge in [-0.05, 0) is 44.4 Å². The molecule has 2 aliphatic rings. The Hall–Kier alpha value is -3.27. The summed E-state index contributed by atoms with van der Waals surface area (Å²) >= 11 is 0. The molecule has 0 bridgehead atoms. The SMILES string of the molecule is C[C@H]1O[C@@H](O[C@](C)(CC(=O)O)Cc2ccc3c(c2O)C(=O)c2cccc(O)c2C3=O)CC[C@@H]1N. The van der Waals surface area contributed by atoms with Gasteiger partial charge < -0.3 is 30.5 Å². The third-order valence-corrected chi connectivity index (χ3v) is 6.46. The van der Waals surface area contributed by atoms with Crippen molar-refractivity contribution in [3.05, 3.63) is 58.1 Å². The molecule has 0 amide bonds. The Morgan fingerprint density at radius 1 is 1.12 bits per heavy atom. The maximum Gasteiger partial charge on any atom is 0.306 e. The Labute approximate surface area is 196 Å². The Morgan fingerprint density at radius 3 is 2.47 bits per heavy atom. The van der Waals surface area contributed by atoms with Gasteiger partial charge in [-0.3, -0.25) is 14.4 Å². The lowest BCUT2D eigenvalue weighted by Crippen LogP contribution is -2.47. The number of aromatic hydroxyl groups is 2. The number of rotatable bonds is 6. The van der Waals surface area contributed by atoms with E-state index in [0.717, 1.165) is 0 Å². The second-order valence-electron chi connectivity index (χ2n) is 9.18. The van der Waals surface area contributed by atoms with Crippen LogP contribution >= 0.6 is 0 Å². The molecule has 1 fully saturated rings. The lowest BCUT2D eigenvalue weighted by atomic mass is 9.81. The van der Waals surface area contributed by atoms with Gasteiger partial charge in [0, 0.05) is 23.6 Å². The summed E-state index contributed by atoms with van der Waals surface area (Å²) in [6.07, 6.45) is -0.214. The zero-order valence-electron chi connectivity index (χ0n) is 18.9. The first kappa shape index (κ1) is 23.9. The van der Waals surface area contributed by atoms with Crippen LogP contribution in [0.4, 0.5) is 0 Å². The van der Waals surface area contributed by atoms with Gasteiger partial charge in [0.25, 0.3) is 0 Å². The van der Waals surface area contributed by atoms with Crippen LogP contribution in [-0.4, -0.2) is 56.9 Å². The lowest BCUT2D eigenvalue weighted by molar-refractivity contribution is -0.243. The second kappa shape index (κ2) is 8.83. The van der Waals surface area contributed by atoms with Crippen LogP contribution in [-0.2, 0) is 20.7 Å². The van der Waals surface area contributed by atoms with Gasteiger partial charge in [0.15, 0.2) is 17.9 Å². The van der Waals surface area contributed by atoms with E-state index in [1.165, 1.54) is 30.3 Å². The molecule has 4 rings (SSSR count). The predicted octanol–water partition coefficient (Wildman–Crippen LogP) is 2.52. The van der Waals surface area contributed by atoms with Crippen LogP contribution in [0.25, 0.3) is 0 Å². The number of benzene rings is 2. The number of hydrogen-bond acceptors (Lipinski definition) is 8. The van der Waals surface area contributed by atoms with Crippen LogP contribution in [0.3, 0.4) is 0 Å². The molecule has 0 radical (unpaired) electrons. The van der Waals surface area contributed by atoms with Crippen molar-refractivity contribution in [3.63, 3.8) is 0 Å². The summed E-state index contributed by atoms with van der Waals surface area (Å²) in [6, 6.07) is 6.90. The summed E-state index contributed by atoms with van der Waals surface area (Å²) in [4.78, 5) is 37.7. The number of carboxylic acids is 1. The molecule has 34 heavy (non-hydrogen) atoms. The number of ether oxygens (including phenoxy) is 2. The summed E-state index contributed by atoms with van der Waals surface area (Å²) < 4.78 is 11.9. The highest BCUT2D eigenvalue weighted by atomic mass is 16.7. The standard InChI is InChI=1S/C25H27NO8/c1-12-16(26)8-9-19(33-12)34-25(2,11-18(28)29)10-13-6-7-15-21(22(13)30)24(32)14-4-3-5-17(27)20(14)23(15)31/h3-7,12,16,19,27,30H,8-11,26H2,1-2H3,(H,28,29)/t12-,16+,19+,25+/m1/s1. The molecular weight excluding hydrogens is 442 g/mol. The van der Waals surface area contributed by atoms with Crippen molar-refractivity contribution >= 4 is 17.5 Å². The van der Waals surface area contributed by atoms with Gasteiger partial charge in [0.2, 0.25) is 0 Å². The van der Waals surface area contributed by atoms with Gasteiger partial charge in [-0.15, -0.1) is 0 Å². The van der Waals surface area contributed by atoms with E-state index in [9.17, 15) is 29.7 Å². The Morgan fingerprint density at radius 2 is 1.79 bits per heavy atom. The van der Waals surface area contributed by atoms with Crippen molar-refractivity contribution < 1.29 is 39.2 Å². The smallest absolute Gasteiger partial charge is 0.306 e. The third-order valence-electron chi connectivity index (χ3n) is 6.46. The molecule has 9 nitrogen and oxygen atoms in total. The average molecular weight is 469 g/mol. The van der Waals surface area contributed by atoms with Gasteiger partial charge in [0.1, 0.15) is 11.5 Å². The van der Waals surface area contributed by atoms with E-state index < -0.39 is 35.2 Å². The largest absolute Gasteiger partial charge is 0.507 e. The minimum Gasteiger partial charge on any atom is -0.507 e. The first-order valence-electron chi connectivity index (χ1n) is 11.1. The zero-order valence-corrected chi connectivity index (χ0v) is 18.9. The zero-order chi connectivity index (χ0) is 24.8. The van der Waals surface area contributed by atoms with Crippen molar-refractivity contribution in [1.82, 2.24) is 0 Å². The molecule has 0 spiro atoms. The van der Waals surface area contributed by atoms with E-state index in [0.29, 0.717) is 12.8 Å². The Balaban J connectivity index is 1.67. The number of phenolic OH excluding ortho intramolecular Hbond substituents is 2. The number of carbonyl (C=O) groups is 3. The number of carboxylic acid groups (broad SMARTS) is 1. The maximum atomic E-state index is 13.1. The Kier molecular flexibility index (Phi) is 6.20. The quantitative estimate of drug-likeness (QED) is 0.426. The van der Waals surface area contributed by atoms with Crippen molar-refractivity contribution in [3.8, 4) is 11.5 Å². The highest BCUT2D eigenvalue weighted by Crippen LogP contribution is 2.39. The van der Waals surface area contributed by atoms with Crippen molar-refractivity contribution in [2.45, 2.75) is 63.6 Å². The number of ketones is 2. The molecule has 1 saturated heterocycles. The summed E-state index contributed by atoms with van der Waals surface area (Å²) in [5, 5.41) is 30.6. The van der Waals surface area contributed by atoms with Gasteiger partial charge >= 0.3 is 5.97 Å². The molecule has 5 N–H and O–H groups in total. The minimum absolute atomic E-state index is 0.00423. The molecule has 0 aromatic heterocycles. The topological polar surface area (TPSA) is 156 Å². The Bertz CT molecular complexity index is 1180. The minimum atomic E-state index is -1.28. The first-order chi connectivity index (χ1) is 16.0.